The van der Waals surface area contributed by atoms with Crippen molar-refractivity contribution in [2.75, 3.05) is 0 Å². The zero-order valence-corrected chi connectivity index (χ0v) is 10.4. The molecule has 0 fully saturated rings. The van der Waals surface area contributed by atoms with E-state index in [2.05, 4.69) is 10.3 Å². The van der Waals surface area contributed by atoms with Crippen molar-refractivity contribution in [1.29, 1.82) is 0 Å². The number of aromatic nitrogens is 1. The van der Waals surface area contributed by atoms with E-state index in [1.54, 1.807) is 30.3 Å². The summed E-state index contributed by atoms with van der Waals surface area (Å²) >= 11 is 0. The van der Waals surface area contributed by atoms with E-state index in [0.717, 1.165) is 6.20 Å². The van der Waals surface area contributed by atoms with Gasteiger partial charge in [-0.25, -0.2) is 4.79 Å². The number of carboxylic acid groups (broad SMARTS) is 1. The maximum Gasteiger partial charge on any atom is 0.330 e. The van der Waals surface area contributed by atoms with Crippen LogP contribution in [0.5, 0.6) is 5.75 Å². The van der Waals surface area contributed by atoms with Crippen LogP contribution < -0.4 is 5.32 Å². The minimum Gasteiger partial charge on any atom is -0.505 e. The van der Waals surface area contributed by atoms with Crippen LogP contribution in [0, 0.1) is 0 Å². The summed E-state index contributed by atoms with van der Waals surface area (Å²) in [6, 6.07) is 8.45. The maximum atomic E-state index is 12.0. The number of pyridine rings is 1. The van der Waals surface area contributed by atoms with E-state index in [9.17, 15) is 19.8 Å². The van der Waals surface area contributed by atoms with E-state index in [1.807, 2.05) is 0 Å². The number of amides is 1. The number of nitrogens with zero attached hydrogens (tertiary/aromatic N) is 1. The topological polar surface area (TPSA) is 99.5 Å². The quantitative estimate of drug-likeness (QED) is 0.780. The molecule has 0 unspecified atom stereocenters. The fourth-order valence-electron chi connectivity index (χ4n) is 1.72. The van der Waals surface area contributed by atoms with Crippen molar-refractivity contribution in [1.82, 2.24) is 10.3 Å². The highest BCUT2D eigenvalue weighted by Crippen LogP contribution is 2.17. The molecule has 1 heterocycles. The summed E-state index contributed by atoms with van der Waals surface area (Å²) < 4.78 is 0. The first kappa shape index (κ1) is 13.5. The number of hydrogen-bond acceptors (Lipinski definition) is 4. The second-order valence-electron chi connectivity index (χ2n) is 4.05. The fraction of sp³-hybridized carbons (Fsp3) is 0.0714. The smallest absolute Gasteiger partial charge is 0.330 e. The van der Waals surface area contributed by atoms with Crippen LogP contribution >= 0.6 is 0 Å². The van der Waals surface area contributed by atoms with E-state index in [4.69, 9.17) is 0 Å². The van der Waals surface area contributed by atoms with E-state index in [0.29, 0.717) is 5.56 Å². The van der Waals surface area contributed by atoms with Crippen LogP contribution in [0.25, 0.3) is 0 Å². The normalized spacial score (nSPS) is 11.6. The van der Waals surface area contributed by atoms with E-state index in [1.165, 1.54) is 12.3 Å². The van der Waals surface area contributed by atoms with E-state index >= 15 is 0 Å². The van der Waals surface area contributed by atoms with Crippen LogP contribution in [0.15, 0.2) is 48.8 Å². The Hall–Kier alpha value is -2.89. The Morgan fingerprint density at radius 2 is 1.85 bits per heavy atom. The molecule has 6 nitrogen and oxygen atoms in total. The highest BCUT2D eigenvalue weighted by atomic mass is 16.4. The lowest BCUT2D eigenvalue weighted by molar-refractivity contribution is -0.139. The van der Waals surface area contributed by atoms with Crippen LogP contribution in [-0.4, -0.2) is 27.1 Å². The summed E-state index contributed by atoms with van der Waals surface area (Å²) in [5.41, 5.74) is 0.420. The molecule has 3 N–H and O–H groups in total. The number of aliphatic carboxylic acids is 1. The van der Waals surface area contributed by atoms with Crippen LogP contribution in [0.1, 0.15) is 22.0 Å². The van der Waals surface area contributed by atoms with E-state index < -0.39 is 17.9 Å². The van der Waals surface area contributed by atoms with Crippen LogP contribution in [-0.2, 0) is 4.79 Å². The van der Waals surface area contributed by atoms with Gasteiger partial charge in [0, 0.05) is 6.20 Å². The number of nitrogens with one attached hydrogen (secondary N) is 1. The molecule has 0 bridgehead atoms. The van der Waals surface area contributed by atoms with Gasteiger partial charge in [0.1, 0.15) is 5.75 Å². The molecule has 1 atom stereocenters. The third-order valence-corrected chi connectivity index (χ3v) is 2.70. The van der Waals surface area contributed by atoms with Gasteiger partial charge in [-0.15, -0.1) is 0 Å². The molecule has 0 radical (unpaired) electrons. The van der Waals surface area contributed by atoms with Crippen molar-refractivity contribution >= 4 is 11.9 Å². The number of aromatic hydroxyl groups is 1. The van der Waals surface area contributed by atoms with Gasteiger partial charge in [0.25, 0.3) is 5.91 Å². The third kappa shape index (κ3) is 2.92. The maximum absolute atomic E-state index is 12.0. The lowest BCUT2D eigenvalue weighted by atomic mass is 10.1. The number of carbonyl (C=O) groups is 2. The van der Waals surface area contributed by atoms with Crippen LogP contribution in [0.2, 0.25) is 0 Å². The van der Waals surface area contributed by atoms with Gasteiger partial charge < -0.3 is 15.5 Å². The highest BCUT2D eigenvalue weighted by molar-refractivity contribution is 5.98. The molecular weight excluding hydrogens is 260 g/mol. The zero-order chi connectivity index (χ0) is 14.5. The molecule has 0 saturated heterocycles. The monoisotopic (exact) mass is 272 g/mol. The molecule has 102 valence electrons. The molecule has 0 aliphatic carbocycles. The lowest BCUT2D eigenvalue weighted by Gasteiger charge is -2.15. The molecule has 1 aromatic carbocycles. The Morgan fingerprint density at radius 3 is 2.45 bits per heavy atom. The van der Waals surface area contributed by atoms with Gasteiger partial charge in [-0.2, -0.15) is 0 Å². The SMILES string of the molecule is O=C(N[C@H](C(=O)O)c1ccccc1)c1ccncc1O. The molecule has 0 aliphatic heterocycles. The minimum atomic E-state index is -1.18. The van der Waals surface area contributed by atoms with Crippen LogP contribution in [0.4, 0.5) is 0 Å². The number of benzene rings is 1. The molecule has 0 spiro atoms. The van der Waals surface area contributed by atoms with Gasteiger partial charge in [0.2, 0.25) is 0 Å². The third-order valence-electron chi connectivity index (χ3n) is 2.70. The fourth-order valence-corrected chi connectivity index (χ4v) is 1.72. The predicted octanol–water partition coefficient (Wildman–Crippen LogP) is 1.34. The van der Waals surface area contributed by atoms with Gasteiger partial charge in [0.15, 0.2) is 6.04 Å². The molecule has 1 amide bonds. The summed E-state index contributed by atoms with van der Waals surface area (Å²) in [7, 11) is 0. The lowest BCUT2D eigenvalue weighted by Crippen LogP contribution is -2.33. The molecular formula is C14H12N2O4. The Kier molecular flexibility index (Phi) is 3.95. The van der Waals surface area contributed by atoms with Gasteiger partial charge >= 0.3 is 5.97 Å². The average molecular weight is 272 g/mol. The summed E-state index contributed by atoms with van der Waals surface area (Å²) in [6.45, 7) is 0. The summed E-state index contributed by atoms with van der Waals surface area (Å²) in [4.78, 5) is 26.9. The molecule has 2 rings (SSSR count). The van der Waals surface area contributed by atoms with Crippen molar-refractivity contribution < 1.29 is 19.8 Å². The Balaban J connectivity index is 2.24. The van der Waals surface area contributed by atoms with Crippen LogP contribution in [0.3, 0.4) is 0 Å². The van der Waals surface area contributed by atoms with E-state index in [-0.39, 0.29) is 11.3 Å². The van der Waals surface area contributed by atoms with Crippen molar-refractivity contribution in [3.05, 3.63) is 59.9 Å². The first-order valence-electron chi connectivity index (χ1n) is 5.81. The van der Waals surface area contributed by atoms with Gasteiger partial charge in [-0.1, -0.05) is 30.3 Å². The highest BCUT2D eigenvalue weighted by Gasteiger charge is 2.23. The van der Waals surface area contributed by atoms with Gasteiger partial charge in [0.05, 0.1) is 11.8 Å². The molecule has 2 aromatic rings. The second kappa shape index (κ2) is 5.83. The first-order chi connectivity index (χ1) is 9.59. The summed E-state index contributed by atoms with van der Waals surface area (Å²) in [6.07, 6.45) is 2.46. The Bertz CT molecular complexity index is 628. The molecule has 6 heteroatoms. The molecule has 1 aromatic heterocycles. The van der Waals surface area contributed by atoms with Crippen molar-refractivity contribution in [2.24, 2.45) is 0 Å². The predicted molar refractivity (Wildman–Crippen MR) is 70.2 cm³/mol. The zero-order valence-electron chi connectivity index (χ0n) is 10.4. The van der Waals surface area contributed by atoms with Gasteiger partial charge in [-0.05, 0) is 11.6 Å². The second-order valence-corrected chi connectivity index (χ2v) is 4.05. The summed E-state index contributed by atoms with van der Waals surface area (Å²) in [5.74, 6) is -2.17. The first-order valence-corrected chi connectivity index (χ1v) is 5.81. The standard InChI is InChI=1S/C14H12N2O4/c17-11-8-15-7-6-10(11)13(18)16-12(14(19)20)9-4-2-1-3-5-9/h1-8,12,17H,(H,16,18)(H,19,20)/t12-/m0/s1. The van der Waals surface area contributed by atoms with Crippen molar-refractivity contribution in [3.8, 4) is 5.75 Å². The largest absolute Gasteiger partial charge is 0.505 e. The number of hydrogen-bond donors (Lipinski definition) is 3. The Labute approximate surface area is 114 Å². The molecule has 0 aliphatic rings. The Morgan fingerprint density at radius 1 is 1.15 bits per heavy atom. The number of rotatable bonds is 4. The molecule has 20 heavy (non-hydrogen) atoms. The number of carboxylic acids is 1. The average Bonchev–Trinajstić information content (AvgIpc) is 2.45. The van der Waals surface area contributed by atoms with Gasteiger partial charge in [-0.3, -0.25) is 9.78 Å². The van der Waals surface area contributed by atoms with Crippen molar-refractivity contribution in [2.45, 2.75) is 6.04 Å². The molecule has 0 saturated carbocycles. The minimum absolute atomic E-state index is 0.0258. The number of carbonyl (C=O) groups excluding carboxylic acids is 1. The van der Waals surface area contributed by atoms with Crippen molar-refractivity contribution in [3.63, 3.8) is 0 Å². The summed E-state index contributed by atoms with van der Waals surface area (Å²) in [5, 5.41) is 21.1.